The number of nitrogens with one attached hydrogen (secondary N) is 2. The van der Waals surface area contributed by atoms with Crippen molar-refractivity contribution in [1.82, 2.24) is 39.0 Å². The van der Waals surface area contributed by atoms with E-state index in [9.17, 15) is 29.3 Å². The summed E-state index contributed by atoms with van der Waals surface area (Å²) in [4.78, 5) is 56.1. The van der Waals surface area contributed by atoms with E-state index in [4.69, 9.17) is 50.8 Å². The van der Waals surface area contributed by atoms with E-state index in [1.165, 1.54) is 21.8 Å². The molecule has 240 valence electrons. The van der Waals surface area contributed by atoms with Crippen LogP contribution >= 0.6 is 15.0 Å². The maximum atomic E-state index is 12.9. The van der Waals surface area contributed by atoms with Crippen LogP contribution in [0.5, 0.6) is 0 Å². The van der Waals surface area contributed by atoms with Crippen molar-refractivity contribution in [2.45, 2.75) is 49.1 Å². The number of anilines is 2. The standard InChI is InChI=1S/C20H22N10O12P2S/c21-19-25-13-7(15(33)27-19)23-3-29(13)17-9(31)11-6(40-17)2-38-44(36,45)42-12-5(1-37-43(35)41-11)39-18(10(12)32)30-4-24-8-14(30)26-20(22)28-16(8)34/h3-6,9-12,17-18,31-32H,1-2H2,(H6-,21,22,25,26,27,28,33,34,36,45)/p+1/t5-,6-,9-,10-,11-,12-,17-,18-,44?/m1/s1. The van der Waals surface area contributed by atoms with Gasteiger partial charge in [-0.25, -0.2) is 9.97 Å². The zero-order valence-electron chi connectivity index (χ0n) is 22.3. The Balaban J connectivity index is 1.15. The smallest absolute Gasteiger partial charge is 0.386 e. The maximum absolute atomic E-state index is 12.9. The number of H-pyrrole nitrogens is 2. The number of hydrogen-bond acceptors (Lipinski definition) is 18. The number of nitrogens with zero attached hydrogens (tertiary/aromatic N) is 6. The molecule has 7 rings (SSSR count). The Hall–Kier alpha value is -3.31. The van der Waals surface area contributed by atoms with Crippen LogP contribution in [0.25, 0.3) is 22.3 Å². The van der Waals surface area contributed by atoms with Crippen LogP contribution in [0.4, 0.5) is 11.9 Å². The number of aliphatic hydroxyl groups excluding tert-OH is 2. The molecule has 3 aliphatic rings. The third-order valence-corrected chi connectivity index (χ3v) is 9.61. The molecule has 3 aliphatic heterocycles. The molecule has 3 saturated heterocycles. The summed E-state index contributed by atoms with van der Waals surface area (Å²) in [6.45, 7) is -5.26. The second-order valence-electron chi connectivity index (χ2n) is 10.1. The van der Waals surface area contributed by atoms with E-state index >= 15 is 0 Å². The van der Waals surface area contributed by atoms with Crippen molar-refractivity contribution in [2.75, 3.05) is 24.7 Å². The van der Waals surface area contributed by atoms with Gasteiger partial charge in [-0.05, 0) is 11.8 Å². The predicted molar refractivity (Wildman–Crippen MR) is 151 cm³/mol. The van der Waals surface area contributed by atoms with Crippen molar-refractivity contribution in [1.29, 1.82) is 0 Å². The van der Waals surface area contributed by atoms with Gasteiger partial charge in [-0.15, -0.1) is 9.05 Å². The van der Waals surface area contributed by atoms with Crippen LogP contribution in [-0.2, 0) is 43.9 Å². The topological polar surface area (TPSA) is 312 Å². The molecule has 10 atom stereocenters. The van der Waals surface area contributed by atoms with Gasteiger partial charge in [0.25, 0.3) is 11.1 Å². The minimum absolute atomic E-state index is 0.0172. The molecule has 0 bridgehead atoms. The Bertz CT molecular complexity index is 1980. The molecule has 4 aromatic rings. The molecule has 0 amide bonds. The Kier molecular flexibility index (Phi) is 7.55. The second-order valence-corrected chi connectivity index (χ2v) is 13.8. The summed E-state index contributed by atoms with van der Waals surface area (Å²) < 4.78 is 49.3. The number of aromatic nitrogens is 8. The molecule has 0 radical (unpaired) electrons. The van der Waals surface area contributed by atoms with Gasteiger partial charge in [0.05, 0.1) is 19.3 Å². The lowest BCUT2D eigenvalue weighted by Gasteiger charge is -2.26. The summed E-state index contributed by atoms with van der Waals surface area (Å²) in [5.74, 6) is -0.427. The molecule has 2 unspecified atom stereocenters. The number of rotatable bonds is 2. The first-order chi connectivity index (χ1) is 21.4. The number of aliphatic hydroxyl groups is 2. The molecule has 9 N–H and O–H groups in total. The fraction of sp³-hybridized carbons (Fsp3) is 0.500. The lowest BCUT2D eigenvalue weighted by atomic mass is 10.1. The summed E-state index contributed by atoms with van der Waals surface area (Å²) in [5.41, 5.74) is 9.86. The van der Waals surface area contributed by atoms with E-state index in [1.54, 1.807) is 0 Å². The highest BCUT2D eigenvalue weighted by Gasteiger charge is 2.54. The average molecular weight is 689 g/mol. The number of ether oxygens (including phenoxy) is 2. The maximum Gasteiger partial charge on any atom is 0.697 e. The number of hydrogen-bond donors (Lipinski definition) is 7. The largest absolute Gasteiger partial charge is 0.697 e. The molecule has 0 spiro atoms. The van der Waals surface area contributed by atoms with Gasteiger partial charge in [-0.1, -0.05) is 0 Å². The Labute approximate surface area is 254 Å². The zero-order valence-corrected chi connectivity index (χ0v) is 24.9. The Morgan fingerprint density at radius 2 is 1.42 bits per heavy atom. The summed E-state index contributed by atoms with van der Waals surface area (Å²) >= 11 is 5.19. The van der Waals surface area contributed by atoms with Crippen molar-refractivity contribution < 1.29 is 47.2 Å². The van der Waals surface area contributed by atoms with Gasteiger partial charge in [0.1, 0.15) is 37.1 Å². The molecular weight excluding hydrogens is 666 g/mol. The minimum Gasteiger partial charge on any atom is -0.386 e. The van der Waals surface area contributed by atoms with Crippen molar-refractivity contribution in [3.63, 3.8) is 0 Å². The van der Waals surface area contributed by atoms with E-state index in [-0.39, 0.29) is 34.2 Å². The second kappa shape index (κ2) is 11.2. The SMILES string of the molecule is Nc1nc2c(ncn2[C@@H]2O[C@@H]3COP(O)(=S)O[C@H]4[C@@H](O)[C@H](n5cnc6c(=O)[nH]c(N)nc65)O[C@@H]4CO[P+](=O)O[C@H]3[C@H]2O)c(=O)[nH]1. The third-order valence-electron chi connectivity index (χ3n) is 7.28. The fourth-order valence-electron chi connectivity index (χ4n) is 5.30. The number of nitrogens with two attached hydrogens (primary N) is 2. The molecule has 4 aromatic heterocycles. The van der Waals surface area contributed by atoms with E-state index in [0.717, 1.165) is 0 Å². The van der Waals surface area contributed by atoms with E-state index in [1.807, 2.05) is 0 Å². The fourth-order valence-corrected chi connectivity index (χ4v) is 7.54. The lowest BCUT2D eigenvalue weighted by Crippen LogP contribution is -2.38. The summed E-state index contributed by atoms with van der Waals surface area (Å²) in [5, 5.41) is 22.4. The average Bonchev–Trinajstić information content (AvgIpc) is 3.72. The monoisotopic (exact) mass is 689 g/mol. The normalized spacial score (nSPS) is 35.2. The number of nitrogen functional groups attached to an aromatic ring is 2. The highest BCUT2D eigenvalue weighted by molar-refractivity contribution is 8.07. The highest BCUT2D eigenvalue weighted by Crippen LogP contribution is 2.51. The number of aromatic amines is 2. The minimum atomic E-state index is -4.19. The van der Waals surface area contributed by atoms with Crippen LogP contribution in [0.1, 0.15) is 12.5 Å². The van der Waals surface area contributed by atoms with Crippen LogP contribution < -0.4 is 22.6 Å². The van der Waals surface area contributed by atoms with Crippen molar-refractivity contribution in [3.8, 4) is 0 Å². The summed E-state index contributed by atoms with van der Waals surface area (Å²) in [6.07, 6.45) is -8.58. The van der Waals surface area contributed by atoms with Gasteiger partial charge in [0.15, 0.2) is 40.9 Å². The first kappa shape index (κ1) is 30.3. The van der Waals surface area contributed by atoms with Crippen LogP contribution in [-0.4, -0.2) is 104 Å². The highest BCUT2D eigenvalue weighted by atomic mass is 32.5. The molecule has 0 aliphatic carbocycles. The lowest BCUT2D eigenvalue weighted by molar-refractivity contribution is -0.0573. The van der Waals surface area contributed by atoms with Gasteiger partial charge in [0.2, 0.25) is 11.9 Å². The summed E-state index contributed by atoms with van der Waals surface area (Å²) in [6, 6.07) is 0. The third kappa shape index (κ3) is 5.35. The predicted octanol–water partition coefficient (Wildman–Crippen LogP) is -2.37. The van der Waals surface area contributed by atoms with E-state index in [0.29, 0.717) is 0 Å². The van der Waals surface area contributed by atoms with Crippen molar-refractivity contribution in [2.24, 2.45) is 0 Å². The first-order valence-corrected chi connectivity index (χ1v) is 16.6. The molecule has 3 fully saturated rings. The van der Waals surface area contributed by atoms with E-state index < -0.39 is 88.4 Å². The van der Waals surface area contributed by atoms with Crippen LogP contribution in [0.2, 0.25) is 0 Å². The van der Waals surface area contributed by atoms with Gasteiger partial charge < -0.3 is 40.6 Å². The molecule has 0 aromatic carbocycles. The molecule has 22 nitrogen and oxygen atoms in total. The molecular formula is C20H23N10O12P2S+. The van der Waals surface area contributed by atoms with Crippen molar-refractivity contribution in [3.05, 3.63) is 33.4 Å². The zero-order chi connectivity index (χ0) is 31.8. The first-order valence-electron chi connectivity index (χ1n) is 12.9. The van der Waals surface area contributed by atoms with E-state index in [2.05, 4.69) is 29.9 Å². The Morgan fingerprint density at radius 1 is 0.911 bits per heavy atom. The van der Waals surface area contributed by atoms with Crippen LogP contribution in [0.15, 0.2) is 22.2 Å². The van der Waals surface area contributed by atoms with Gasteiger partial charge in [-0.2, -0.15) is 9.97 Å². The quantitative estimate of drug-likeness (QED) is 0.108. The molecule has 7 heterocycles. The van der Waals surface area contributed by atoms with Crippen molar-refractivity contribution >= 4 is 61.0 Å². The van der Waals surface area contributed by atoms with Gasteiger partial charge >= 0.3 is 15.0 Å². The van der Waals surface area contributed by atoms with Gasteiger partial charge in [-0.3, -0.25) is 33.2 Å². The number of imidazole rings is 2. The Morgan fingerprint density at radius 3 is 1.98 bits per heavy atom. The van der Waals surface area contributed by atoms with Crippen LogP contribution in [0.3, 0.4) is 0 Å². The van der Waals surface area contributed by atoms with Gasteiger partial charge in [0, 0.05) is 4.57 Å². The molecule has 25 heteroatoms. The van der Waals surface area contributed by atoms with Crippen LogP contribution in [0, 0.1) is 0 Å². The number of fused-ring (bicyclic) bond motifs is 4. The summed E-state index contributed by atoms with van der Waals surface area (Å²) in [7, 11) is -2.97. The molecule has 0 saturated carbocycles. The molecule has 45 heavy (non-hydrogen) atoms.